The van der Waals surface area contributed by atoms with Gasteiger partial charge in [0.1, 0.15) is 0 Å². The first-order valence-electron chi connectivity index (χ1n) is 6.90. The lowest BCUT2D eigenvalue weighted by Gasteiger charge is -2.13. The van der Waals surface area contributed by atoms with Crippen LogP contribution in [-0.2, 0) is 4.84 Å². The number of amides is 1. The second-order valence-corrected chi connectivity index (χ2v) is 7.32. The zero-order chi connectivity index (χ0) is 19.1. The van der Waals surface area contributed by atoms with Crippen LogP contribution < -0.4 is 0 Å². The van der Waals surface area contributed by atoms with E-state index in [0.717, 1.165) is 14.0 Å². The molecule has 0 radical (unpaired) electrons. The number of nitrogens with zero attached hydrogens (tertiary/aromatic N) is 1. The smallest absolute Gasteiger partial charge is 0.277 e. The number of benzene rings is 2. The van der Waals surface area contributed by atoms with Gasteiger partial charge in [-0.2, -0.15) is 0 Å². The summed E-state index contributed by atoms with van der Waals surface area (Å²) in [4.78, 5) is 27.2. The van der Waals surface area contributed by atoms with Gasteiger partial charge in [-0.15, -0.1) is 0 Å². The highest BCUT2D eigenvalue weighted by Crippen LogP contribution is 2.24. The SMILES string of the molecule is CC(=O)c1ccc(Br)c(Cl)c1.CON(C)C(=O)c1ccc(Br)c(Cl)c1. The molecule has 0 aliphatic rings. The van der Waals surface area contributed by atoms with Crippen LogP contribution >= 0.6 is 55.1 Å². The van der Waals surface area contributed by atoms with Crippen molar-refractivity contribution in [2.45, 2.75) is 6.92 Å². The fourth-order valence-electron chi connectivity index (χ4n) is 1.61. The highest BCUT2D eigenvalue weighted by atomic mass is 79.9. The van der Waals surface area contributed by atoms with Gasteiger partial charge in [-0.25, -0.2) is 5.06 Å². The highest BCUT2D eigenvalue weighted by Gasteiger charge is 2.12. The standard InChI is InChI=1S/C9H9BrClNO2.C8H6BrClO/c1-12(14-2)9(13)6-3-4-7(10)8(11)5-6;1-5(11)6-2-3-7(9)8(10)4-6/h3-5H,1-2H3;2-4H,1H3. The van der Waals surface area contributed by atoms with Gasteiger partial charge in [-0.3, -0.25) is 14.4 Å². The Morgan fingerprint density at radius 1 is 0.960 bits per heavy atom. The van der Waals surface area contributed by atoms with Gasteiger partial charge in [0, 0.05) is 27.1 Å². The molecule has 134 valence electrons. The predicted octanol–water partition coefficient (Wildman–Crippen LogP) is 6.04. The molecule has 2 aromatic rings. The molecule has 8 heteroatoms. The van der Waals surface area contributed by atoms with E-state index in [1.165, 1.54) is 21.1 Å². The van der Waals surface area contributed by atoms with Crippen molar-refractivity contribution in [2.75, 3.05) is 14.2 Å². The molecule has 0 aliphatic carbocycles. The summed E-state index contributed by atoms with van der Waals surface area (Å²) in [5.41, 5.74) is 1.13. The van der Waals surface area contributed by atoms with E-state index in [-0.39, 0.29) is 11.7 Å². The van der Waals surface area contributed by atoms with Crippen LogP contribution in [0.25, 0.3) is 0 Å². The number of Topliss-reactive ketones (excluding diaryl/α,β-unsaturated/α-hetero) is 1. The first kappa shape index (κ1) is 22.1. The number of hydroxylamine groups is 2. The monoisotopic (exact) mass is 509 g/mol. The Labute approximate surface area is 173 Å². The van der Waals surface area contributed by atoms with Crippen LogP contribution in [0.3, 0.4) is 0 Å². The molecule has 0 heterocycles. The van der Waals surface area contributed by atoms with Gasteiger partial charge in [-0.1, -0.05) is 29.3 Å². The van der Waals surface area contributed by atoms with Crippen LogP contribution in [0.5, 0.6) is 0 Å². The first-order valence-corrected chi connectivity index (χ1v) is 9.24. The van der Waals surface area contributed by atoms with Crippen molar-refractivity contribution >= 4 is 66.8 Å². The highest BCUT2D eigenvalue weighted by molar-refractivity contribution is 9.10. The molecular weight excluding hydrogens is 497 g/mol. The number of halogens is 4. The zero-order valence-electron chi connectivity index (χ0n) is 13.6. The summed E-state index contributed by atoms with van der Waals surface area (Å²) < 4.78 is 1.57. The van der Waals surface area contributed by atoms with Gasteiger partial charge < -0.3 is 0 Å². The summed E-state index contributed by atoms with van der Waals surface area (Å²) in [5, 5.41) is 2.21. The summed E-state index contributed by atoms with van der Waals surface area (Å²) in [5.74, 6) is -0.207. The van der Waals surface area contributed by atoms with E-state index in [2.05, 4.69) is 31.9 Å². The van der Waals surface area contributed by atoms with Crippen molar-refractivity contribution in [3.8, 4) is 0 Å². The minimum Gasteiger partial charge on any atom is -0.295 e. The van der Waals surface area contributed by atoms with Gasteiger partial charge in [0.05, 0.1) is 17.2 Å². The largest absolute Gasteiger partial charge is 0.295 e. The molecule has 1 amide bonds. The Morgan fingerprint density at radius 2 is 1.40 bits per heavy atom. The summed E-state index contributed by atoms with van der Waals surface area (Å²) in [6.07, 6.45) is 0. The molecule has 25 heavy (non-hydrogen) atoms. The van der Waals surface area contributed by atoms with E-state index in [1.54, 1.807) is 36.4 Å². The Kier molecular flexibility index (Phi) is 9.10. The van der Waals surface area contributed by atoms with E-state index in [4.69, 9.17) is 28.0 Å². The summed E-state index contributed by atoms with van der Waals surface area (Å²) in [6.45, 7) is 1.51. The minimum absolute atomic E-state index is 0.0272. The molecule has 0 aliphatic heterocycles. The van der Waals surface area contributed by atoms with Crippen molar-refractivity contribution < 1.29 is 14.4 Å². The Hall–Kier alpha value is -0.920. The number of carbonyl (C=O) groups is 2. The van der Waals surface area contributed by atoms with Crippen LogP contribution in [0.15, 0.2) is 45.3 Å². The van der Waals surface area contributed by atoms with E-state index < -0.39 is 0 Å². The predicted molar refractivity (Wildman–Crippen MR) is 107 cm³/mol. The topological polar surface area (TPSA) is 46.6 Å². The molecule has 2 aromatic carbocycles. The molecule has 0 atom stereocenters. The van der Waals surface area contributed by atoms with Crippen molar-refractivity contribution in [1.29, 1.82) is 0 Å². The summed E-state index contributed by atoms with van der Waals surface area (Å²) in [6, 6.07) is 10.1. The lowest BCUT2D eigenvalue weighted by molar-refractivity contribution is -0.0756. The van der Waals surface area contributed by atoms with Crippen LogP contribution in [0, 0.1) is 0 Å². The van der Waals surface area contributed by atoms with Crippen molar-refractivity contribution in [1.82, 2.24) is 5.06 Å². The Bertz CT molecular complexity index is 784. The lowest BCUT2D eigenvalue weighted by Crippen LogP contribution is -2.25. The van der Waals surface area contributed by atoms with Crippen molar-refractivity contribution in [3.05, 3.63) is 66.5 Å². The Balaban J connectivity index is 0.000000257. The van der Waals surface area contributed by atoms with Gasteiger partial charge >= 0.3 is 0 Å². The normalized spacial score (nSPS) is 9.88. The third-order valence-corrected chi connectivity index (χ3v) is 5.52. The number of carbonyl (C=O) groups excluding carboxylic acids is 2. The molecule has 0 unspecified atom stereocenters. The molecule has 0 saturated carbocycles. The van der Waals surface area contributed by atoms with Crippen molar-refractivity contribution in [2.24, 2.45) is 0 Å². The Morgan fingerprint density at radius 3 is 1.80 bits per heavy atom. The molecule has 0 fully saturated rings. The summed E-state index contributed by atoms with van der Waals surface area (Å²) >= 11 is 18.1. The van der Waals surface area contributed by atoms with Gasteiger partial charge in [0.2, 0.25) is 0 Å². The fraction of sp³-hybridized carbons (Fsp3) is 0.176. The molecule has 0 spiro atoms. The van der Waals surface area contributed by atoms with Crippen molar-refractivity contribution in [3.63, 3.8) is 0 Å². The molecule has 0 N–H and O–H groups in total. The van der Waals surface area contributed by atoms with Gasteiger partial charge in [-0.05, 0) is 69.1 Å². The van der Waals surface area contributed by atoms with Crippen LogP contribution in [0.2, 0.25) is 10.0 Å². The quantitative estimate of drug-likeness (QED) is 0.373. The number of ketones is 1. The molecular formula is C17H15Br2Cl2NO3. The minimum atomic E-state index is -0.234. The average molecular weight is 512 g/mol. The van der Waals surface area contributed by atoms with E-state index in [1.807, 2.05) is 0 Å². The molecule has 4 nitrogen and oxygen atoms in total. The molecule has 0 bridgehead atoms. The second kappa shape index (κ2) is 10.3. The number of hydrogen-bond donors (Lipinski definition) is 0. The molecule has 2 rings (SSSR count). The summed E-state index contributed by atoms with van der Waals surface area (Å²) in [7, 11) is 2.97. The van der Waals surface area contributed by atoms with E-state index >= 15 is 0 Å². The van der Waals surface area contributed by atoms with Crippen LogP contribution in [0.1, 0.15) is 27.6 Å². The second-order valence-electron chi connectivity index (χ2n) is 4.80. The van der Waals surface area contributed by atoms with Gasteiger partial charge in [0.25, 0.3) is 5.91 Å². The maximum absolute atomic E-state index is 11.6. The average Bonchev–Trinajstić information content (AvgIpc) is 2.58. The van der Waals surface area contributed by atoms with E-state index in [0.29, 0.717) is 21.2 Å². The number of hydrogen-bond acceptors (Lipinski definition) is 3. The fourth-order valence-corrected chi connectivity index (χ4v) is 2.46. The van der Waals surface area contributed by atoms with Crippen LogP contribution in [-0.4, -0.2) is 30.9 Å². The van der Waals surface area contributed by atoms with Crippen LogP contribution in [0.4, 0.5) is 0 Å². The third kappa shape index (κ3) is 6.72. The molecule has 0 saturated heterocycles. The van der Waals surface area contributed by atoms with E-state index in [9.17, 15) is 9.59 Å². The third-order valence-electron chi connectivity index (χ3n) is 3.05. The van der Waals surface area contributed by atoms with Gasteiger partial charge in [0.15, 0.2) is 5.78 Å². The number of rotatable bonds is 3. The lowest BCUT2D eigenvalue weighted by atomic mass is 10.2. The maximum atomic E-state index is 11.6. The first-order chi connectivity index (χ1) is 11.7. The maximum Gasteiger partial charge on any atom is 0.277 e. The zero-order valence-corrected chi connectivity index (χ0v) is 18.3. The molecule has 0 aromatic heterocycles.